The molecule has 1 saturated heterocycles. The summed E-state index contributed by atoms with van der Waals surface area (Å²) in [7, 11) is 0. The number of nitrogens with zero attached hydrogens (tertiary/aromatic N) is 1. The van der Waals surface area contributed by atoms with E-state index >= 15 is 0 Å². The van der Waals surface area contributed by atoms with E-state index in [1.165, 1.54) is 0 Å². The average molecular weight is 216 g/mol. The molecule has 2 amide bonds. The largest absolute Gasteiger partial charge is 0.524 e. The van der Waals surface area contributed by atoms with Crippen LogP contribution in [0.4, 0.5) is 4.79 Å². The zero-order chi connectivity index (χ0) is 11.5. The molecule has 5 heteroatoms. The topological polar surface area (TPSA) is 52.6 Å². The molecular weight excluding hydrogens is 198 g/mol. The second-order valence-electron chi connectivity index (χ2n) is 4.68. The molecule has 1 heterocycles. The maximum atomic E-state index is 11.8. The van der Waals surface area contributed by atoms with E-state index in [9.17, 15) is 9.59 Å². The van der Waals surface area contributed by atoms with Crippen LogP contribution in [0.5, 0.6) is 0 Å². The summed E-state index contributed by atoms with van der Waals surface area (Å²) in [6, 6.07) is 0. The van der Waals surface area contributed by atoms with Crippen molar-refractivity contribution in [3.8, 4) is 0 Å². The summed E-state index contributed by atoms with van der Waals surface area (Å²) >= 11 is 0. The lowest BCUT2D eigenvalue weighted by Crippen LogP contribution is -2.59. The van der Waals surface area contributed by atoms with Gasteiger partial charge >= 0.3 is 12.5 Å². The summed E-state index contributed by atoms with van der Waals surface area (Å²) in [5, 5.41) is 0. The molecule has 1 fully saturated rings. The highest BCUT2D eigenvalue weighted by atomic mass is 16.6. The van der Waals surface area contributed by atoms with Gasteiger partial charge in [-0.15, -0.1) is 0 Å². The fraction of sp³-hybridized carbons (Fsp3) is 0.800. The molecule has 0 aromatic heterocycles. The lowest BCUT2D eigenvalue weighted by atomic mass is 10.2. The Balaban J connectivity index is 2.73. The van der Waals surface area contributed by atoms with E-state index in [0.717, 1.165) is 0 Å². The Labute approximate surface area is 89.5 Å². The summed E-state index contributed by atoms with van der Waals surface area (Å²) in [6.07, 6.45) is 0.164. The van der Waals surface area contributed by atoms with Crippen molar-refractivity contribution in [1.29, 1.82) is 0 Å². The van der Waals surface area contributed by atoms with Crippen molar-refractivity contribution in [2.75, 3.05) is 26.3 Å². The summed E-state index contributed by atoms with van der Waals surface area (Å²) in [5.74, 6) is 0. The average Bonchev–Trinajstić information content (AvgIpc) is 2.16. The van der Waals surface area contributed by atoms with Crippen LogP contribution in [0.25, 0.3) is 0 Å². The van der Waals surface area contributed by atoms with Crippen LogP contribution in [-0.4, -0.2) is 48.9 Å². The number of carbonyl (C=O) groups excluding carboxylic acids is 2. The Bertz CT molecular complexity index is 251. The Hall–Kier alpha value is -0.940. The number of quaternary nitrogens is 1. The molecule has 0 saturated carbocycles. The zero-order valence-electron chi connectivity index (χ0n) is 9.49. The second kappa shape index (κ2) is 4.28. The predicted molar refractivity (Wildman–Crippen MR) is 53.1 cm³/mol. The smallest absolute Gasteiger partial charge is 0.414 e. The van der Waals surface area contributed by atoms with Gasteiger partial charge in [0.2, 0.25) is 0 Å². The Kier molecular flexibility index (Phi) is 3.46. The van der Waals surface area contributed by atoms with Crippen molar-refractivity contribution in [1.82, 2.24) is 0 Å². The first-order valence-electron chi connectivity index (χ1n) is 5.04. The number of hydrogen-bond acceptors (Lipinski definition) is 4. The van der Waals surface area contributed by atoms with Gasteiger partial charge in [-0.3, -0.25) is 0 Å². The van der Waals surface area contributed by atoms with Crippen molar-refractivity contribution >= 4 is 12.5 Å². The Morgan fingerprint density at radius 2 is 1.87 bits per heavy atom. The SMILES string of the molecule is CC(C)(C)OC(=O)[N+]1(C=O)CCOCC1. The molecule has 0 aromatic rings. The first kappa shape index (κ1) is 12.1. The minimum atomic E-state index is -0.566. The molecule has 0 bridgehead atoms. The fourth-order valence-corrected chi connectivity index (χ4v) is 1.35. The first-order valence-corrected chi connectivity index (χ1v) is 5.04. The minimum Gasteiger partial charge on any atom is -0.414 e. The Morgan fingerprint density at radius 1 is 1.33 bits per heavy atom. The van der Waals surface area contributed by atoms with Crippen LogP contribution in [0.1, 0.15) is 20.8 Å². The monoisotopic (exact) mass is 216 g/mol. The number of imide groups is 1. The van der Waals surface area contributed by atoms with Crippen molar-refractivity contribution < 1.29 is 23.5 Å². The molecule has 1 rings (SSSR count). The lowest BCUT2D eigenvalue weighted by Gasteiger charge is -2.33. The molecule has 0 radical (unpaired) electrons. The standard InChI is InChI=1S/C10H18NO4/c1-10(2,3)15-9(13)11(8-12)4-6-14-7-5-11/h8H,4-7H2,1-3H3/q+1. The number of rotatable bonds is 1. The molecule has 0 spiro atoms. The van der Waals surface area contributed by atoms with Crippen LogP contribution in [0.3, 0.4) is 0 Å². The second-order valence-corrected chi connectivity index (χ2v) is 4.68. The van der Waals surface area contributed by atoms with E-state index in [-0.39, 0.29) is 4.48 Å². The van der Waals surface area contributed by atoms with Gasteiger partial charge in [0.25, 0.3) is 0 Å². The van der Waals surface area contributed by atoms with Gasteiger partial charge in [-0.1, -0.05) is 0 Å². The number of morpholine rings is 1. The van der Waals surface area contributed by atoms with Crippen molar-refractivity contribution in [2.45, 2.75) is 26.4 Å². The van der Waals surface area contributed by atoms with Crippen LogP contribution < -0.4 is 0 Å². The maximum absolute atomic E-state index is 11.8. The van der Waals surface area contributed by atoms with Crippen LogP contribution in [0, 0.1) is 0 Å². The Morgan fingerprint density at radius 3 is 2.27 bits per heavy atom. The van der Waals surface area contributed by atoms with Gasteiger partial charge in [0, 0.05) is 0 Å². The summed E-state index contributed by atoms with van der Waals surface area (Å²) < 4.78 is 10.1. The molecule has 86 valence electrons. The summed E-state index contributed by atoms with van der Waals surface area (Å²) in [5.41, 5.74) is -0.566. The molecule has 0 aromatic carbocycles. The van der Waals surface area contributed by atoms with E-state index < -0.39 is 11.7 Å². The molecule has 0 aliphatic carbocycles. The van der Waals surface area contributed by atoms with Crippen LogP contribution >= 0.6 is 0 Å². The van der Waals surface area contributed by atoms with E-state index in [1.54, 1.807) is 20.8 Å². The van der Waals surface area contributed by atoms with Gasteiger partial charge in [-0.25, -0.2) is 4.79 Å². The summed E-state index contributed by atoms with van der Waals surface area (Å²) in [4.78, 5) is 22.9. The molecule has 1 aliphatic rings. The quantitative estimate of drug-likeness (QED) is 0.483. The third kappa shape index (κ3) is 3.00. The highest BCUT2D eigenvalue weighted by Gasteiger charge is 2.42. The molecule has 0 atom stereocenters. The molecule has 15 heavy (non-hydrogen) atoms. The molecular formula is C10H18NO4+. The van der Waals surface area contributed by atoms with E-state index in [0.29, 0.717) is 32.7 Å². The van der Waals surface area contributed by atoms with Crippen molar-refractivity contribution in [3.63, 3.8) is 0 Å². The first-order chi connectivity index (χ1) is 6.90. The minimum absolute atomic E-state index is 0.280. The number of hydrogen-bond donors (Lipinski definition) is 0. The van der Waals surface area contributed by atoms with Crippen LogP contribution in [0.15, 0.2) is 0 Å². The van der Waals surface area contributed by atoms with Crippen LogP contribution in [0.2, 0.25) is 0 Å². The molecule has 0 unspecified atom stereocenters. The van der Waals surface area contributed by atoms with Gasteiger partial charge in [-0.05, 0) is 20.8 Å². The van der Waals surface area contributed by atoms with Gasteiger partial charge < -0.3 is 9.47 Å². The van der Waals surface area contributed by atoms with Crippen molar-refractivity contribution in [3.05, 3.63) is 0 Å². The maximum Gasteiger partial charge on any atom is 0.524 e. The van der Waals surface area contributed by atoms with Crippen LogP contribution in [-0.2, 0) is 14.3 Å². The summed E-state index contributed by atoms with van der Waals surface area (Å²) in [6.45, 7) is 6.90. The van der Waals surface area contributed by atoms with E-state index in [1.807, 2.05) is 0 Å². The van der Waals surface area contributed by atoms with Gasteiger partial charge in [0.05, 0.1) is 13.2 Å². The van der Waals surface area contributed by atoms with E-state index in [4.69, 9.17) is 9.47 Å². The zero-order valence-corrected chi connectivity index (χ0v) is 9.49. The predicted octanol–water partition coefficient (Wildman–Crippen LogP) is 0.925. The van der Waals surface area contributed by atoms with Gasteiger partial charge in [0.1, 0.15) is 18.7 Å². The highest BCUT2D eigenvalue weighted by molar-refractivity contribution is 5.69. The molecule has 0 N–H and O–H groups in total. The van der Waals surface area contributed by atoms with Crippen molar-refractivity contribution in [2.24, 2.45) is 0 Å². The highest BCUT2D eigenvalue weighted by Crippen LogP contribution is 2.16. The number of amides is 2. The molecule has 5 nitrogen and oxygen atoms in total. The molecule has 1 aliphatic heterocycles. The van der Waals surface area contributed by atoms with E-state index in [2.05, 4.69) is 0 Å². The number of ether oxygens (including phenoxy) is 2. The fourth-order valence-electron chi connectivity index (χ4n) is 1.35. The normalized spacial score (nSPS) is 20.7. The lowest BCUT2D eigenvalue weighted by molar-refractivity contribution is -0.784. The van der Waals surface area contributed by atoms with Gasteiger partial charge in [0.15, 0.2) is 0 Å². The third-order valence-corrected chi connectivity index (χ3v) is 2.23. The number of carbonyl (C=O) groups is 2. The van der Waals surface area contributed by atoms with Gasteiger partial charge in [-0.2, -0.15) is 9.28 Å². The third-order valence-electron chi connectivity index (χ3n) is 2.23.